The molecular weight excluding hydrogens is 326 g/mol. The number of fused-ring (bicyclic) bond motifs is 3. The lowest BCUT2D eigenvalue weighted by molar-refractivity contribution is -0.512. The first-order chi connectivity index (χ1) is 12.9. The summed E-state index contributed by atoms with van der Waals surface area (Å²) in [5, 5.41) is 4.76. The summed E-state index contributed by atoms with van der Waals surface area (Å²) >= 11 is 0. The number of hydrogen-bond donors (Lipinski definition) is 0. The highest BCUT2D eigenvalue weighted by Gasteiger charge is 2.28. The van der Waals surface area contributed by atoms with E-state index in [0.717, 1.165) is 41.3 Å². The highest BCUT2D eigenvalue weighted by atomic mass is 15.4. The van der Waals surface area contributed by atoms with Gasteiger partial charge in [0.2, 0.25) is 6.33 Å². The first-order valence-corrected chi connectivity index (χ1v) is 8.75. The van der Waals surface area contributed by atoms with Crippen LogP contribution in [0.4, 0.5) is 0 Å². The molecule has 0 saturated carbocycles. The molecule has 0 aromatic carbocycles. The van der Waals surface area contributed by atoms with E-state index in [2.05, 4.69) is 15.7 Å². The quantitative estimate of drug-likeness (QED) is 0.462. The zero-order chi connectivity index (χ0) is 17.1. The Bertz CT molecular complexity index is 1240. The fraction of sp³-hybridized carbons (Fsp3) is 0.158. The summed E-state index contributed by atoms with van der Waals surface area (Å²) in [6, 6.07) is 7.95. The molecule has 1 aliphatic heterocycles. The van der Waals surface area contributed by atoms with Crippen LogP contribution in [0.3, 0.4) is 0 Å². The largest absolute Gasteiger partial charge is 0.347 e. The Kier molecular flexibility index (Phi) is 2.65. The van der Waals surface area contributed by atoms with E-state index in [1.165, 1.54) is 12.1 Å². The second-order valence-electron chi connectivity index (χ2n) is 6.58. The van der Waals surface area contributed by atoms with Crippen molar-refractivity contribution in [1.29, 1.82) is 0 Å². The van der Waals surface area contributed by atoms with Crippen LogP contribution in [0.25, 0.3) is 28.4 Å². The summed E-state index contributed by atoms with van der Waals surface area (Å²) in [6.07, 6.45) is 14.0. The molecule has 0 spiro atoms. The number of hydrogen-bond acceptors (Lipinski definition) is 3. The molecule has 6 rings (SSSR count). The van der Waals surface area contributed by atoms with Crippen LogP contribution in [-0.2, 0) is 13.0 Å². The maximum absolute atomic E-state index is 4.76. The van der Waals surface area contributed by atoms with Gasteiger partial charge in [0, 0.05) is 43.1 Å². The van der Waals surface area contributed by atoms with Crippen molar-refractivity contribution in [2.24, 2.45) is 0 Å². The Morgan fingerprint density at radius 2 is 2.08 bits per heavy atom. The lowest BCUT2D eigenvalue weighted by Gasteiger charge is -2.06. The second kappa shape index (κ2) is 5.01. The number of nitrogens with zero attached hydrogens (tertiary/aromatic N) is 7. The summed E-state index contributed by atoms with van der Waals surface area (Å²) in [5.74, 6) is 0.912. The van der Waals surface area contributed by atoms with Crippen LogP contribution in [0.2, 0.25) is 0 Å². The third-order valence-electron chi connectivity index (χ3n) is 5.08. The van der Waals surface area contributed by atoms with E-state index in [9.17, 15) is 0 Å². The van der Waals surface area contributed by atoms with Crippen molar-refractivity contribution < 1.29 is 4.40 Å². The van der Waals surface area contributed by atoms with Crippen molar-refractivity contribution in [3.8, 4) is 17.1 Å². The van der Waals surface area contributed by atoms with Crippen LogP contribution in [-0.4, -0.2) is 28.7 Å². The molecule has 0 saturated heterocycles. The molecule has 0 atom stereocenters. The van der Waals surface area contributed by atoms with E-state index in [1.807, 2.05) is 68.9 Å². The van der Waals surface area contributed by atoms with E-state index >= 15 is 0 Å². The van der Waals surface area contributed by atoms with Gasteiger partial charge in [0.05, 0.1) is 16.9 Å². The van der Waals surface area contributed by atoms with E-state index in [1.54, 1.807) is 0 Å². The van der Waals surface area contributed by atoms with Gasteiger partial charge < -0.3 is 4.57 Å². The molecule has 0 bridgehead atoms. The molecule has 7 heteroatoms. The summed E-state index contributed by atoms with van der Waals surface area (Å²) in [4.78, 5) is 9.11. The zero-order valence-corrected chi connectivity index (χ0v) is 14.0. The van der Waals surface area contributed by atoms with Gasteiger partial charge in [0.15, 0.2) is 11.5 Å². The average Bonchev–Trinajstić information content (AvgIpc) is 3.41. The van der Waals surface area contributed by atoms with E-state index in [0.29, 0.717) is 0 Å². The van der Waals surface area contributed by atoms with Gasteiger partial charge in [-0.15, -0.1) is 0 Å². The van der Waals surface area contributed by atoms with Crippen molar-refractivity contribution in [1.82, 2.24) is 28.7 Å². The molecule has 126 valence electrons. The standard InChI is InChI=1S/C19H16N7/c1-2-9-24-13-26(22-17(24)5-1)15-12-23-10-3-4-14(23)18(15)19-21-7-6-16-20-8-11-25(16)19/h1-2,5-9,11-13H,3-4,10H2/q+1. The topological polar surface area (TPSA) is 57.0 Å². The smallest absolute Gasteiger partial charge is 0.306 e. The SMILES string of the molecule is c1cc[n+]2cn(-c3cn4c(c3-c3nccc5nccn35)CCC4)nc2c1. The van der Waals surface area contributed by atoms with Crippen molar-refractivity contribution >= 4 is 11.3 Å². The number of imidazole rings is 1. The van der Waals surface area contributed by atoms with Crippen LogP contribution in [0.1, 0.15) is 12.1 Å². The fourth-order valence-corrected chi connectivity index (χ4v) is 3.92. The number of aryl methyl sites for hydroxylation is 1. The normalized spacial score (nSPS) is 13.7. The first kappa shape index (κ1) is 13.8. The number of aromatic nitrogens is 7. The highest BCUT2D eigenvalue weighted by molar-refractivity contribution is 5.73. The van der Waals surface area contributed by atoms with Crippen LogP contribution in [0.15, 0.2) is 61.6 Å². The molecule has 0 radical (unpaired) electrons. The molecule has 5 aromatic rings. The molecule has 26 heavy (non-hydrogen) atoms. The van der Waals surface area contributed by atoms with Crippen LogP contribution in [0, 0.1) is 0 Å². The minimum absolute atomic E-state index is 0.902. The maximum atomic E-state index is 4.76. The predicted octanol–water partition coefficient (Wildman–Crippen LogP) is 2.07. The molecule has 0 N–H and O–H groups in total. The van der Waals surface area contributed by atoms with Gasteiger partial charge in [0.1, 0.15) is 5.65 Å². The van der Waals surface area contributed by atoms with Crippen LogP contribution < -0.4 is 4.40 Å². The molecule has 0 aliphatic carbocycles. The van der Waals surface area contributed by atoms with Gasteiger partial charge in [-0.2, -0.15) is 0 Å². The maximum Gasteiger partial charge on any atom is 0.306 e. The van der Waals surface area contributed by atoms with E-state index < -0.39 is 0 Å². The summed E-state index contributed by atoms with van der Waals surface area (Å²) < 4.78 is 8.36. The minimum atomic E-state index is 0.902. The van der Waals surface area contributed by atoms with Crippen molar-refractivity contribution in [2.45, 2.75) is 19.4 Å². The second-order valence-corrected chi connectivity index (χ2v) is 6.58. The average molecular weight is 342 g/mol. The Morgan fingerprint density at radius 1 is 1.08 bits per heavy atom. The zero-order valence-electron chi connectivity index (χ0n) is 14.0. The summed E-state index contributed by atoms with van der Waals surface area (Å²) in [6.45, 7) is 1.04. The Hall–Kier alpha value is -3.48. The summed E-state index contributed by atoms with van der Waals surface area (Å²) in [5.41, 5.74) is 5.33. The van der Waals surface area contributed by atoms with Gasteiger partial charge in [0.25, 0.3) is 0 Å². The number of rotatable bonds is 2. The fourth-order valence-electron chi connectivity index (χ4n) is 3.92. The predicted molar refractivity (Wildman–Crippen MR) is 95.0 cm³/mol. The molecule has 0 fully saturated rings. The third-order valence-corrected chi connectivity index (χ3v) is 5.08. The lowest BCUT2D eigenvalue weighted by atomic mass is 10.1. The van der Waals surface area contributed by atoms with Crippen LogP contribution in [0.5, 0.6) is 0 Å². The van der Waals surface area contributed by atoms with E-state index in [4.69, 9.17) is 10.1 Å². The Morgan fingerprint density at radius 3 is 3.04 bits per heavy atom. The monoisotopic (exact) mass is 342 g/mol. The van der Waals surface area contributed by atoms with Gasteiger partial charge in [-0.25, -0.2) is 14.4 Å². The number of pyridine rings is 1. The molecule has 7 nitrogen and oxygen atoms in total. The Balaban J connectivity index is 1.67. The van der Waals surface area contributed by atoms with Crippen molar-refractivity contribution in [3.05, 3.63) is 67.3 Å². The Labute approximate surface area is 148 Å². The molecule has 6 heterocycles. The molecule has 5 aromatic heterocycles. The van der Waals surface area contributed by atoms with Crippen molar-refractivity contribution in [3.63, 3.8) is 0 Å². The van der Waals surface area contributed by atoms with Crippen LogP contribution >= 0.6 is 0 Å². The molecular formula is C19H16N7+. The van der Waals surface area contributed by atoms with Gasteiger partial charge in [-0.3, -0.25) is 4.40 Å². The lowest BCUT2D eigenvalue weighted by Crippen LogP contribution is -2.16. The third kappa shape index (κ3) is 1.82. The van der Waals surface area contributed by atoms with Crippen molar-refractivity contribution in [2.75, 3.05) is 0 Å². The van der Waals surface area contributed by atoms with E-state index in [-0.39, 0.29) is 0 Å². The van der Waals surface area contributed by atoms with Gasteiger partial charge in [-0.1, -0.05) is 10.7 Å². The molecule has 0 amide bonds. The molecule has 1 aliphatic rings. The summed E-state index contributed by atoms with van der Waals surface area (Å²) in [7, 11) is 0. The first-order valence-electron chi connectivity index (χ1n) is 8.75. The highest BCUT2D eigenvalue weighted by Crippen LogP contribution is 2.34. The van der Waals surface area contributed by atoms with Gasteiger partial charge in [-0.05, 0) is 25.0 Å². The molecule has 0 unspecified atom stereocenters. The minimum Gasteiger partial charge on any atom is -0.347 e. The van der Waals surface area contributed by atoms with Gasteiger partial charge >= 0.3 is 5.65 Å².